The molecule has 0 amide bonds. The third-order valence-electron chi connectivity index (χ3n) is 4.48. The summed E-state index contributed by atoms with van der Waals surface area (Å²) in [6, 6.07) is 2.31. The number of aryl methyl sites for hydroxylation is 2. The van der Waals surface area contributed by atoms with Crippen molar-refractivity contribution in [3.05, 3.63) is 40.8 Å². The number of H-pyrrole nitrogens is 1. The molecule has 4 heterocycles. The molecule has 0 radical (unpaired) electrons. The molecule has 0 unspecified atom stereocenters. The summed E-state index contributed by atoms with van der Waals surface area (Å²) in [6.07, 6.45) is 7.18. The molecule has 1 saturated heterocycles. The zero-order valence-electron chi connectivity index (χ0n) is 14.9. The molecule has 1 atom stereocenters. The van der Waals surface area contributed by atoms with E-state index in [4.69, 9.17) is 4.98 Å². The van der Waals surface area contributed by atoms with Crippen molar-refractivity contribution in [2.45, 2.75) is 45.7 Å². The van der Waals surface area contributed by atoms with Gasteiger partial charge in [-0.15, -0.1) is 10.2 Å². The first-order chi connectivity index (χ1) is 12.7. The molecule has 1 aliphatic heterocycles. The molecule has 1 fully saturated rings. The Kier molecular flexibility index (Phi) is 4.89. The molecule has 0 saturated carbocycles. The minimum atomic E-state index is 0.271. The molecule has 2 N–H and O–H groups in total. The smallest absolute Gasteiger partial charge is 0.211 e. The number of aromatic nitrogens is 6. The van der Waals surface area contributed by atoms with Crippen LogP contribution >= 0.6 is 11.3 Å². The van der Waals surface area contributed by atoms with Gasteiger partial charge in [0, 0.05) is 18.5 Å². The van der Waals surface area contributed by atoms with E-state index in [1.807, 2.05) is 26.1 Å². The molecule has 4 rings (SSSR count). The molecule has 26 heavy (non-hydrogen) atoms. The van der Waals surface area contributed by atoms with Crippen LogP contribution < -0.4 is 5.32 Å². The highest BCUT2D eigenvalue weighted by Gasteiger charge is 2.26. The Labute approximate surface area is 156 Å². The molecule has 0 spiro atoms. The Hall–Kier alpha value is -2.39. The van der Waals surface area contributed by atoms with E-state index in [0.29, 0.717) is 0 Å². The van der Waals surface area contributed by atoms with Gasteiger partial charge in [0.2, 0.25) is 5.13 Å². The summed E-state index contributed by atoms with van der Waals surface area (Å²) in [5.41, 5.74) is 1.05. The van der Waals surface area contributed by atoms with E-state index in [1.54, 1.807) is 6.20 Å². The number of likely N-dealkylation sites (tertiary alicyclic amines) is 1. The van der Waals surface area contributed by atoms with E-state index in [1.165, 1.54) is 24.2 Å². The standard InChI is InChI=1S/C17H22N8S/c1-11-20-13(9-15(21-11)22-17-24-23-12(2)26-17)14-5-3-4-8-25(14)10-16-18-6-7-19-16/h6-7,9,14H,3-5,8,10H2,1-2H3,(H,18,19)(H,20,21,22,24)/t14-/m1/s1. The first kappa shape index (κ1) is 17.0. The van der Waals surface area contributed by atoms with Crippen molar-refractivity contribution in [3.63, 3.8) is 0 Å². The lowest BCUT2D eigenvalue weighted by atomic mass is 9.99. The van der Waals surface area contributed by atoms with Crippen molar-refractivity contribution < 1.29 is 0 Å². The van der Waals surface area contributed by atoms with E-state index in [-0.39, 0.29) is 6.04 Å². The van der Waals surface area contributed by atoms with Crippen LogP contribution in [0.15, 0.2) is 18.5 Å². The first-order valence-electron chi connectivity index (χ1n) is 8.82. The lowest BCUT2D eigenvalue weighted by molar-refractivity contribution is 0.134. The number of hydrogen-bond donors (Lipinski definition) is 2. The maximum Gasteiger partial charge on any atom is 0.211 e. The number of aromatic amines is 1. The second-order valence-corrected chi connectivity index (χ2v) is 7.68. The quantitative estimate of drug-likeness (QED) is 0.712. The van der Waals surface area contributed by atoms with Crippen LogP contribution in [0.25, 0.3) is 0 Å². The SMILES string of the molecule is Cc1nc(Nc2nnc(C)s2)cc([C@H]2CCCCN2Cc2ncc[nH]2)n1. The number of nitrogens with zero attached hydrogens (tertiary/aromatic N) is 6. The number of hydrogen-bond acceptors (Lipinski definition) is 8. The molecule has 0 aliphatic carbocycles. The largest absolute Gasteiger partial charge is 0.348 e. The van der Waals surface area contributed by atoms with Crippen molar-refractivity contribution in [1.29, 1.82) is 0 Å². The van der Waals surface area contributed by atoms with E-state index in [0.717, 1.165) is 52.8 Å². The van der Waals surface area contributed by atoms with Crippen molar-refractivity contribution >= 4 is 22.3 Å². The van der Waals surface area contributed by atoms with Crippen molar-refractivity contribution in [3.8, 4) is 0 Å². The van der Waals surface area contributed by atoms with Crippen LogP contribution in [0, 0.1) is 13.8 Å². The van der Waals surface area contributed by atoms with Gasteiger partial charge in [-0.1, -0.05) is 17.8 Å². The highest BCUT2D eigenvalue weighted by atomic mass is 32.1. The van der Waals surface area contributed by atoms with E-state index >= 15 is 0 Å². The lowest BCUT2D eigenvalue weighted by Crippen LogP contribution is -2.34. The van der Waals surface area contributed by atoms with E-state index in [9.17, 15) is 0 Å². The molecule has 1 aliphatic rings. The third kappa shape index (κ3) is 3.88. The number of piperidine rings is 1. The predicted octanol–water partition coefficient (Wildman–Crippen LogP) is 3.14. The summed E-state index contributed by atoms with van der Waals surface area (Å²) in [5.74, 6) is 2.52. The fraction of sp³-hybridized carbons (Fsp3) is 0.471. The van der Waals surface area contributed by atoms with Gasteiger partial charge < -0.3 is 10.3 Å². The van der Waals surface area contributed by atoms with Crippen molar-refractivity contribution in [1.82, 2.24) is 35.0 Å². The summed E-state index contributed by atoms with van der Waals surface area (Å²) in [7, 11) is 0. The average molecular weight is 370 g/mol. The van der Waals surface area contributed by atoms with Gasteiger partial charge in [0.15, 0.2) is 0 Å². The van der Waals surface area contributed by atoms with Crippen LogP contribution in [0.3, 0.4) is 0 Å². The first-order valence-corrected chi connectivity index (χ1v) is 9.64. The normalized spacial score (nSPS) is 18.2. The van der Waals surface area contributed by atoms with Gasteiger partial charge in [0.1, 0.15) is 22.5 Å². The van der Waals surface area contributed by atoms with Gasteiger partial charge in [-0.2, -0.15) is 0 Å². The van der Waals surface area contributed by atoms with Crippen LogP contribution in [0.5, 0.6) is 0 Å². The molecule has 136 valence electrons. The second-order valence-electron chi connectivity index (χ2n) is 6.49. The Morgan fingerprint density at radius 1 is 1.27 bits per heavy atom. The Morgan fingerprint density at radius 2 is 2.19 bits per heavy atom. The molecule has 0 bridgehead atoms. The van der Waals surface area contributed by atoms with E-state index in [2.05, 4.69) is 35.4 Å². The maximum absolute atomic E-state index is 4.73. The maximum atomic E-state index is 4.73. The van der Waals surface area contributed by atoms with Gasteiger partial charge in [0.05, 0.1) is 18.3 Å². The molecular weight excluding hydrogens is 348 g/mol. The minimum Gasteiger partial charge on any atom is -0.348 e. The summed E-state index contributed by atoms with van der Waals surface area (Å²) in [4.78, 5) is 19.3. The number of anilines is 2. The van der Waals surface area contributed by atoms with Crippen LogP contribution in [0.1, 0.15) is 47.7 Å². The second kappa shape index (κ2) is 7.46. The monoisotopic (exact) mass is 370 g/mol. The minimum absolute atomic E-state index is 0.271. The molecule has 0 aromatic carbocycles. The molecule has 9 heteroatoms. The highest BCUT2D eigenvalue weighted by Crippen LogP contribution is 2.32. The Bertz CT molecular complexity index is 860. The fourth-order valence-electron chi connectivity index (χ4n) is 3.37. The van der Waals surface area contributed by atoms with E-state index < -0.39 is 0 Å². The lowest BCUT2D eigenvalue weighted by Gasteiger charge is -2.34. The summed E-state index contributed by atoms with van der Waals surface area (Å²) >= 11 is 1.52. The zero-order valence-corrected chi connectivity index (χ0v) is 15.8. The highest BCUT2D eigenvalue weighted by molar-refractivity contribution is 7.15. The molecule has 8 nitrogen and oxygen atoms in total. The third-order valence-corrected chi connectivity index (χ3v) is 5.24. The molecule has 3 aromatic heterocycles. The average Bonchev–Trinajstić information content (AvgIpc) is 3.27. The summed E-state index contributed by atoms with van der Waals surface area (Å²) < 4.78 is 0. The van der Waals surface area contributed by atoms with Gasteiger partial charge in [-0.05, 0) is 33.2 Å². The topological polar surface area (TPSA) is 95.5 Å². The zero-order chi connectivity index (χ0) is 17.9. The van der Waals surface area contributed by atoms with Gasteiger partial charge in [-0.25, -0.2) is 15.0 Å². The van der Waals surface area contributed by atoms with Crippen LogP contribution in [-0.4, -0.2) is 41.6 Å². The van der Waals surface area contributed by atoms with Gasteiger partial charge in [-0.3, -0.25) is 4.90 Å². The summed E-state index contributed by atoms with van der Waals surface area (Å²) in [6.45, 7) is 5.72. The number of nitrogens with one attached hydrogen (secondary N) is 2. The summed E-state index contributed by atoms with van der Waals surface area (Å²) in [5, 5.41) is 13.1. The van der Waals surface area contributed by atoms with Crippen molar-refractivity contribution in [2.75, 3.05) is 11.9 Å². The van der Waals surface area contributed by atoms with Gasteiger partial charge >= 0.3 is 0 Å². The van der Waals surface area contributed by atoms with Gasteiger partial charge in [0.25, 0.3) is 0 Å². The predicted molar refractivity (Wildman–Crippen MR) is 100 cm³/mol. The number of imidazole rings is 1. The fourth-order valence-corrected chi connectivity index (χ4v) is 3.97. The number of rotatable bonds is 5. The van der Waals surface area contributed by atoms with Crippen LogP contribution in [0.4, 0.5) is 10.9 Å². The molecule has 3 aromatic rings. The Morgan fingerprint density at radius 3 is 2.96 bits per heavy atom. The Balaban J connectivity index is 1.58. The van der Waals surface area contributed by atoms with Crippen LogP contribution in [-0.2, 0) is 6.54 Å². The van der Waals surface area contributed by atoms with Crippen molar-refractivity contribution in [2.24, 2.45) is 0 Å². The van der Waals surface area contributed by atoms with Crippen LogP contribution in [0.2, 0.25) is 0 Å². The molecular formula is C17H22N8S.